The molecule has 1 fully saturated rings. The number of rotatable bonds is 3. The number of hydrogen-bond donors (Lipinski definition) is 2. The van der Waals surface area contributed by atoms with Gasteiger partial charge in [0.25, 0.3) is 0 Å². The third-order valence-electron chi connectivity index (χ3n) is 2.52. The van der Waals surface area contributed by atoms with Crippen molar-refractivity contribution in [3.8, 4) is 0 Å². The first-order chi connectivity index (χ1) is 6.93. The molecule has 0 aromatic rings. The minimum absolute atomic E-state index is 0.118. The number of carbonyl (C=O) groups excluding carboxylic acids is 1. The molecule has 1 rings (SSSR count). The molecular formula is C10H18N2O2S. The fourth-order valence-corrected chi connectivity index (χ4v) is 1.45. The highest BCUT2D eigenvalue weighted by molar-refractivity contribution is 7.80. The summed E-state index contributed by atoms with van der Waals surface area (Å²) in [6.45, 7) is 4.23. The van der Waals surface area contributed by atoms with Gasteiger partial charge in [0, 0.05) is 6.61 Å². The van der Waals surface area contributed by atoms with E-state index in [-0.39, 0.29) is 17.0 Å². The molecule has 0 aromatic heterocycles. The van der Waals surface area contributed by atoms with Crippen LogP contribution in [0.25, 0.3) is 0 Å². The molecule has 1 unspecified atom stereocenters. The Morgan fingerprint density at radius 2 is 2.20 bits per heavy atom. The van der Waals surface area contributed by atoms with Gasteiger partial charge in [0.1, 0.15) is 6.10 Å². The second-order valence-electron chi connectivity index (χ2n) is 4.33. The number of carbonyl (C=O) groups is 1. The van der Waals surface area contributed by atoms with Crippen molar-refractivity contribution in [3.63, 3.8) is 0 Å². The van der Waals surface area contributed by atoms with Crippen LogP contribution in [0.2, 0.25) is 0 Å². The van der Waals surface area contributed by atoms with E-state index in [1.54, 1.807) is 13.8 Å². The van der Waals surface area contributed by atoms with E-state index in [2.05, 4.69) is 5.32 Å². The maximum Gasteiger partial charge on any atom is 0.249 e. The fourth-order valence-electron chi connectivity index (χ4n) is 1.40. The zero-order chi connectivity index (χ0) is 11.5. The van der Waals surface area contributed by atoms with Gasteiger partial charge in [-0.2, -0.15) is 0 Å². The SMILES string of the molecule is CC(C)(NC(=O)C1CCCCO1)C(N)=S. The Labute approximate surface area is 95.5 Å². The predicted molar refractivity (Wildman–Crippen MR) is 62.6 cm³/mol. The molecule has 1 atom stereocenters. The second kappa shape index (κ2) is 4.90. The highest BCUT2D eigenvalue weighted by atomic mass is 32.1. The highest BCUT2D eigenvalue weighted by Crippen LogP contribution is 2.14. The van der Waals surface area contributed by atoms with Crippen molar-refractivity contribution in [2.75, 3.05) is 6.61 Å². The molecule has 1 saturated heterocycles. The predicted octanol–water partition coefficient (Wildman–Crippen LogP) is 0.736. The van der Waals surface area contributed by atoms with E-state index >= 15 is 0 Å². The Bertz CT molecular complexity index is 260. The number of hydrogen-bond acceptors (Lipinski definition) is 3. The number of nitrogens with one attached hydrogen (secondary N) is 1. The van der Waals surface area contributed by atoms with Crippen LogP contribution in [-0.4, -0.2) is 29.1 Å². The van der Waals surface area contributed by atoms with Crippen LogP contribution in [0, 0.1) is 0 Å². The topological polar surface area (TPSA) is 64.3 Å². The van der Waals surface area contributed by atoms with Crippen LogP contribution in [0.15, 0.2) is 0 Å². The van der Waals surface area contributed by atoms with E-state index in [0.717, 1.165) is 19.3 Å². The first-order valence-electron chi connectivity index (χ1n) is 5.17. The molecule has 1 heterocycles. The summed E-state index contributed by atoms with van der Waals surface area (Å²) in [5, 5.41) is 2.80. The number of nitrogens with two attached hydrogens (primary N) is 1. The Kier molecular flexibility index (Phi) is 4.04. The van der Waals surface area contributed by atoms with Gasteiger partial charge in [0.2, 0.25) is 5.91 Å². The lowest BCUT2D eigenvalue weighted by molar-refractivity contribution is -0.136. The van der Waals surface area contributed by atoms with Gasteiger partial charge in [-0.1, -0.05) is 12.2 Å². The molecule has 86 valence electrons. The fraction of sp³-hybridized carbons (Fsp3) is 0.800. The van der Waals surface area contributed by atoms with E-state index < -0.39 is 5.54 Å². The van der Waals surface area contributed by atoms with Crippen LogP contribution in [0.1, 0.15) is 33.1 Å². The quantitative estimate of drug-likeness (QED) is 0.702. The lowest BCUT2D eigenvalue weighted by atomic mass is 10.0. The van der Waals surface area contributed by atoms with Crippen LogP contribution in [0.5, 0.6) is 0 Å². The summed E-state index contributed by atoms with van der Waals surface area (Å²) in [4.78, 5) is 12.1. The molecule has 15 heavy (non-hydrogen) atoms. The van der Waals surface area contributed by atoms with Crippen LogP contribution < -0.4 is 11.1 Å². The smallest absolute Gasteiger partial charge is 0.249 e. The highest BCUT2D eigenvalue weighted by Gasteiger charge is 2.29. The maximum absolute atomic E-state index is 11.8. The largest absolute Gasteiger partial charge is 0.391 e. The zero-order valence-electron chi connectivity index (χ0n) is 9.21. The Morgan fingerprint density at radius 1 is 1.53 bits per heavy atom. The molecule has 0 radical (unpaired) electrons. The van der Waals surface area contributed by atoms with Crippen molar-refractivity contribution in [2.45, 2.75) is 44.8 Å². The molecule has 3 N–H and O–H groups in total. The number of amides is 1. The standard InChI is InChI=1S/C10H18N2O2S/c1-10(2,9(11)15)12-8(13)7-5-3-4-6-14-7/h7H,3-6H2,1-2H3,(H2,11,15)(H,12,13). The van der Waals surface area contributed by atoms with Crippen molar-refractivity contribution in [1.29, 1.82) is 0 Å². The number of ether oxygens (including phenoxy) is 1. The molecule has 1 aliphatic rings. The molecule has 0 spiro atoms. The Morgan fingerprint density at radius 3 is 2.67 bits per heavy atom. The maximum atomic E-state index is 11.8. The van der Waals surface area contributed by atoms with Crippen molar-refractivity contribution in [2.24, 2.45) is 5.73 Å². The summed E-state index contributed by atoms with van der Waals surface area (Å²) in [6, 6.07) is 0. The first-order valence-corrected chi connectivity index (χ1v) is 5.58. The Balaban J connectivity index is 2.50. The zero-order valence-corrected chi connectivity index (χ0v) is 10.0. The monoisotopic (exact) mass is 230 g/mol. The minimum atomic E-state index is -0.646. The third-order valence-corrected chi connectivity index (χ3v) is 3.03. The average molecular weight is 230 g/mol. The normalized spacial score (nSPS) is 22.1. The van der Waals surface area contributed by atoms with Crippen molar-refractivity contribution < 1.29 is 9.53 Å². The van der Waals surface area contributed by atoms with Gasteiger partial charge < -0.3 is 15.8 Å². The van der Waals surface area contributed by atoms with Gasteiger partial charge in [-0.15, -0.1) is 0 Å². The van der Waals surface area contributed by atoms with E-state index in [9.17, 15) is 4.79 Å². The van der Waals surface area contributed by atoms with Crippen molar-refractivity contribution >= 4 is 23.1 Å². The molecule has 0 bridgehead atoms. The van der Waals surface area contributed by atoms with Crippen molar-refractivity contribution in [3.05, 3.63) is 0 Å². The van der Waals surface area contributed by atoms with E-state index in [1.165, 1.54) is 0 Å². The van der Waals surface area contributed by atoms with E-state index in [4.69, 9.17) is 22.7 Å². The van der Waals surface area contributed by atoms with E-state index in [0.29, 0.717) is 6.61 Å². The lowest BCUT2D eigenvalue weighted by Crippen LogP contribution is -2.55. The lowest BCUT2D eigenvalue weighted by Gasteiger charge is -2.29. The summed E-state index contributed by atoms with van der Waals surface area (Å²) >= 11 is 4.87. The van der Waals surface area contributed by atoms with Crippen LogP contribution in [0.3, 0.4) is 0 Å². The Hall–Kier alpha value is -0.680. The minimum Gasteiger partial charge on any atom is -0.391 e. The summed E-state index contributed by atoms with van der Waals surface area (Å²) in [7, 11) is 0. The van der Waals surface area contributed by atoms with E-state index in [1.807, 2.05) is 0 Å². The second-order valence-corrected chi connectivity index (χ2v) is 4.77. The third kappa shape index (κ3) is 3.43. The average Bonchev–Trinajstić information content (AvgIpc) is 2.18. The van der Waals surface area contributed by atoms with Crippen molar-refractivity contribution in [1.82, 2.24) is 5.32 Å². The van der Waals surface area contributed by atoms with Crippen LogP contribution in [0.4, 0.5) is 0 Å². The molecule has 5 heteroatoms. The summed E-state index contributed by atoms with van der Waals surface area (Å²) in [5.74, 6) is -0.118. The molecule has 0 aromatic carbocycles. The van der Waals surface area contributed by atoms with Gasteiger partial charge in [0.05, 0.1) is 10.5 Å². The van der Waals surface area contributed by atoms with Gasteiger partial charge in [0.15, 0.2) is 0 Å². The van der Waals surface area contributed by atoms with Crippen LogP contribution >= 0.6 is 12.2 Å². The molecule has 0 aliphatic carbocycles. The molecule has 1 amide bonds. The molecule has 4 nitrogen and oxygen atoms in total. The molecular weight excluding hydrogens is 212 g/mol. The molecule has 0 saturated carbocycles. The molecule has 1 aliphatic heterocycles. The van der Waals surface area contributed by atoms with Gasteiger partial charge in [-0.25, -0.2) is 0 Å². The summed E-state index contributed by atoms with van der Waals surface area (Å²) in [6.07, 6.45) is 2.50. The van der Waals surface area contributed by atoms with Gasteiger partial charge in [-0.05, 0) is 33.1 Å². The first kappa shape index (κ1) is 12.4. The van der Waals surface area contributed by atoms with Crippen LogP contribution in [-0.2, 0) is 9.53 Å². The van der Waals surface area contributed by atoms with Gasteiger partial charge in [-0.3, -0.25) is 4.79 Å². The van der Waals surface area contributed by atoms with Gasteiger partial charge >= 0.3 is 0 Å². The summed E-state index contributed by atoms with van der Waals surface area (Å²) < 4.78 is 5.37. The number of thiocarbonyl (C=S) groups is 1. The summed E-state index contributed by atoms with van der Waals surface area (Å²) in [5.41, 5.74) is 4.88.